The number of hydrogen-bond acceptors (Lipinski definition) is 5. The zero-order chi connectivity index (χ0) is 12.7. The summed E-state index contributed by atoms with van der Waals surface area (Å²) in [7, 11) is 3.21. The fourth-order valence-electron chi connectivity index (χ4n) is 1.10. The van der Waals surface area contributed by atoms with Gasteiger partial charge in [0.05, 0.1) is 25.9 Å². The Morgan fingerprint density at radius 1 is 1.53 bits per heavy atom. The first-order chi connectivity index (χ1) is 8.13. The number of carbonyl (C=O) groups excluding carboxylic acids is 1. The van der Waals surface area contributed by atoms with Gasteiger partial charge in [-0.25, -0.2) is 4.79 Å². The average Bonchev–Trinajstić information content (AvgIpc) is 2.34. The summed E-state index contributed by atoms with van der Waals surface area (Å²) >= 11 is 4.90. The Labute approximate surface area is 106 Å². The second-order valence-corrected chi connectivity index (χ2v) is 4.11. The van der Waals surface area contributed by atoms with E-state index in [2.05, 4.69) is 15.3 Å². The fourth-order valence-corrected chi connectivity index (χ4v) is 1.16. The number of carbonyl (C=O) groups is 1. The number of benzene rings is 1. The number of esters is 1. The van der Waals surface area contributed by atoms with Crippen LogP contribution in [0.25, 0.3) is 0 Å². The van der Waals surface area contributed by atoms with Gasteiger partial charge in [-0.1, -0.05) is 12.1 Å². The largest absolute Gasteiger partial charge is 0.494 e. The second kappa shape index (κ2) is 6.93. The summed E-state index contributed by atoms with van der Waals surface area (Å²) in [6.45, 7) is 0.575. The molecule has 0 aliphatic heterocycles. The third kappa shape index (κ3) is 4.88. The van der Waals surface area contributed by atoms with Crippen LogP contribution in [0, 0.1) is 0 Å². The number of hydrazone groups is 1. The number of quaternary nitrogens is 1. The van der Waals surface area contributed by atoms with E-state index in [1.54, 1.807) is 30.5 Å². The van der Waals surface area contributed by atoms with Crippen LogP contribution in [0.1, 0.15) is 15.9 Å². The van der Waals surface area contributed by atoms with E-state index < -0.39 is 0 Å². The van der Waals surface area contributed by atoms with Gasteiger partial charge in [-0.3, -0.25) is 5.43 Å². The van der Waals surface area contributed by atoms with Gasteiger partial charge in [-0.2, -0.15) is 5.10 Å². The zero-order valence-corrected chi connectivity index (χ0v) is 10.6. The number of rotatable bonds is 5. The first-order valence-corrected chi connectivity index (χ1v) is 5.48. The SMILES string of the molecule is COC(=O)c1ccc(/C=N/NC[NH+](C)[S-])cc1. The molecule has 1 atom stereocenters. The van der Waals surface area contributed by atoms with Crippen molar-refractivity contribution in [2.45, 2.75) is 0 Å². The van der Waals surface area contributed by atoms with Crippen LogP contribution in [0.2, 0.25) is 0 Å². The molecular formula is C11H15N3O2S. The molecule has 2 N–H and O–H groups in total. The van der Waals surface area contributed by atoms with E-state index in [1.807, 2.05) is 7.05 Å². The molecule has 0 aliphatic rings. The van der Waals surface area contributed by atoms with Crippen molar-refractivity contribution in [3.8, 4) is 0 Å². The summed E-state index contributed by atoms with van der Waals surface area (Å²) in [4.78, 5) is 11.2. The highest BCUT2D eigenvalue weighted by Crippen LogP contribution is 2.03. The highest BCUT2D eigenvalue weighted by Gasteiger charge is 2.02. The van der Waals surface area contributed by atoms with Crippen LogP contribution in [-0.4, -0.2) is 33.0 Å². The first kappa shape index (κ1) is 13.5. The van der Waals surface area contributed by atoms with E-state index in [0.717, 1.165) is 9.87 Å². The van der Waals surface area contributed by atoms with Crippen molar-refractivity contribution in [3.63, 3.8) is 0 Å². The molecule has 5 nitrogen and oxygen atoms in total. The first-order valence-electron chi connectivity index (χ1n) is 5.07. The van der Waals surface area contributed by atoms with Crippen molar-refractivity contribution < 1.29 is 13.8 Å². The number of nitrogens with zero attached hydrogens (tertiary/aromatic N) is 1. The molecule has 0 radical (unpaired) electrons. The standard InChI is InChI=1S/C11H15N3O2S/c1-14(17)8-13-12-7-9-3-5-10(6-4-9)11(15)16-2/h3-7,13-14H,8H2,1-2H3/b12-7+. The van der Waals surface area contributed by atoms with Crippen molar-refractivity contribution in [1.82, 2.24) is 5.43 Å². The van der Waals surface area contributed by atoms with Gasteiger partial charge in [-0.05, 0) is 17.7 Å². The molecule has 1 rings (SSSR count). The van der Waals surface area contributed by atoms with Crippen LogP contribution < -0.4 is 9.73 Å². The Morgan fingerprint density at radius 3 is 2.71 bits per heavy atom. The molecule has 0 fully saturated rings. The number of methoxy groups -OCH3 is 1. The molecule has 0 bridgehead atoms. The molecule has 6 heteroatoms. The lowest BCUT2D eigenvalue weighted by Crippen LogP contribution is -3.05. The number of hydrogen-bond donors (Lipinski definition) is 2. The van der Waals surface area contributed by atoms with Gasteiger partial charge in [0.15, 0.2) is 0 Å². The van der Waals surface area contributed by atoms with Crippen LogP contribution in [0.3, 0.4) is 0 Å². The number of ether oxygens (including phenoxy) is 1. The lowest BCUT2D eigenvalue weighted by molar-refractivity contribution is -0.733. The summed E-state index contributed by atoms with van der Waals surface area (Å²) in [5.41, 5.74) is 4.23. The van der Waals surface area contributed by atoms with Crippen LogP contribution in [-0.2, 0) is 17.6 Å². The highest BCUT2D eigenvalue weighted by molar-refractivity contribution is 7.51. The Hall–Kier alpha value is -1.53. The van der Waals surface area contributed by atoms with E-state index in [-0.39, 0.29) is 5.97 Å². The molecule has 17 heavy (non-hydrogen) atoms. The monoisotopic (exact) mass is 253 g/mol. The second-order valence-electron chi connectivity index (χ2n) is 3.41. The molecule has 92 valence electrons. The van der Waals surface area contributed by atoms with E-state index in [9.17, 15) is 4.79 Å². The number of nitrogens with one attached hydrogen (secondary N) is 2. The molecule has 0 spiro atoms. The minimum absolute atomic E-state index is 0.344. The van der Waals surface area contributed by atoms with Crippen molar-refractivity contribution in [2.24, 2.45) is 5.10 Å². The molecule has 1 aromatic rings. The zero-order valence-electron chi connectivity index (χ0n) is 9.77. The normalized spacial score (nSPS) is 12.4. The van der Waals surface area contributed by atoms with E-state index in [4.69, 9.17) is 12.8 Å². The lowest BCUT2D eigenvalue weighted by Gasteiger charge is -2.15. The summed E-state index contributed by atoms with van der Waals surface area (Å²) in [6, 6.07) is 6.97. The molecule has 0 heterocycles. The molecule has 0 aliphatic carbocycles. The molecule has 1 unspecified atom stereocenters. The van der Waals surface area contributed by atoms with Crippen LogP contribution in [0.15, 0.2) is 29.4 Å². The van der Waals surface area contributed by atoms with Gasteiger partial charge in [0.2, 0.25) is 0 Å². The predicted molar refractivity (Wildman–Crippen MR) is 67.6 cm³/mol. The van der Waals surface area contributed by atoms with Gasteiger partial charge in [0.1, 0.15) is 6.67 Å². The lowest BCUT2D eigenvalue weighted by atomic mass is 10.1. The maximum Gasteiger partial charge on any atom is 0.337 e. The maximum absolute atomic E-state index is 11.2. The fraction of sp³-hybridized carbons (Fsp3) is 0.273. The Bertz CT molecular complexity index is 390. The maximum atomic E-state index is 11.2. The summed E-state index contributed by atoms with van der Waals surface area (Å²) in [5, 5.41) is 4.00. The minimum Gasteiger partial charge on any atom is -0.494 e. The molecule has 0 amide bonds. The van der Waals surface area contributed by atoms with E-state index in [0.29, 0.717) is 12.2 Å². The Kier molecular flexibility index (Phi) is 5.51. The highest BCUT2D eigenvalue weighted by atomic mass is 32.1. The van der Waals surface area contributed by atoms with Gasteiger partial charge >= 0.3 is 5.97 Å². The smallest absolute Gasteiger partial charge is 0.337 e. The summed E-state index contributed by atoms with van der Waals surface area (Å²) < 4.78 is 5.45. The van der Waals surface area contributed by atoms with Crippen molar-refractivity contribution in [2.75, 3.05) is 20.8 Å². The van der Waals surface area contributed by atoms with E-state index in [1.165, 1.54) is 7.11 Å². The minimum atomic E-state index is -0.344. The van der Waals surface area contributed by atoms with Crippen molar-refractivity contribution in [3.05, 3.63) is 35.4 Å². The predicted octanol–water partition coefficient (Wildman–Crippen LogP) is -0.669. The molecule has 1 aromatic carbocycles. The Balaban J connectivity index is 2.53. The van der Waals surface area contributed by atoms with Gasteiger partial charge in [-0.15, -0.1) is 0 Å². The summed E-state index contributed by atoms with van der Waals surface area (Å²) in [5.74, 6) is -0.344. The van der Waals surface area contributed by atoms with Gasteiger partial charge in [0, 0.05) is 0 Å². The third-order valence-electron chi connectivity index (χ3n) is 1.96. The quantitative estimate of drug-likeness (QED) is 0.240. The third-order valence-corrected chi connectivity index (χ3v) is 2.11. The van der Waals surface area contributed by atoms with Crippen LogP contribution in [0.5, 0.6) is 0 Å². The van der Waals surface area contributed by atoms with Crippen molar-refractivity contribution in [1.29, 1.82) is 0 Å². The van der Waals surface area contributed by atoms with Crippen LogP contribution >= 0.6 is 0 Å². The van der Waals surface area contributed by atoms with Gasteiger partial charge in [0.25, 0.3) is 0 Å². The molecule has 0 aromatic heterocycles. The Morgan fingerprint density at radius 2 is 2.18 bits per heavy atom. The molecule has 0 saturated heterocycles. The van der Waals surface area contributed by atoms with Crippen molar-refractivity contribution >= 4 is 25.0 Å². The van der Waals surface area contributed by atoms with E-state index >= 15 is 0 Å². The molecular weight excluding hydrogens is 238 g/mol. The molecule has 0 saturated carbocycles. The summed E-state index contributed by atoms with van der Waals surface area (Å²) in [6.07, 6.45) is 1.67. The topological polar surface area (TPSA) is 55.1 Å². The average molecular weight is 253 g/mol. The van der Waals surface area contributed by atoms with Gasteiger partial charge < -0.3 is 21.9 Å². The van der Waals surface area contributed by atoms with Crippen LogP contribution in [0.4, 0.5) is 0 Å².